The van der Waals surface area contributed by atoms with Gasteiger partial charge in [-0.25, -0.2) is 9.97 Å². The number of carbonyl (C=O) groups excluding carboxylic acids is 3. The highest BCUT2D eigenvalue weighted by Crippen LogP contribution is 2.46. The molecule has 1 aliphatic rings. The lowest BCUT2D eigenvalue weighted by Crippen LogP contribution is -2.20. The minimum Gasteiger partial charge on any atom is -0.495 e. The van der Waals surface area contributed by atoms with E-state index in [0.717, 1.165) is 64.1 Å². The molecule has 17 heteroatoms. The topological polar surface area (TPSA) is 217 Å². The van der Waals surface area contributed by atoms with E-state index in [-0.39, 0.29) is 23.3 Å². The summed E-state index contributed by atoms with van der Waals surface area (Å²) in [6.45, 7) is 11.2. The molecule has 0 radical (unpaired) electrons. The van der Waals surface area contributed by atoms with E-state index in [2.05, 4.69) is 25.4 Å². The molecule has 2 aromatic carbocycles. The van der Waals surface area contributed by atoms with Crippen LogP contribution in [0.15, 0.2) is 48.5 Å². The summed E-state index contributed by atoms with van der Waals surface area (Å²) in [5.74, 6) is 0.0782. The van der Waals surface area contributed by atoms with E-state index >= 15 is 0 Å². The van der Waals surface area contributed by atoms with Gasteiger partial charge < -0.3 is 35.4 Å². The molecule has 17 nitrogen and oxygen atoms in total. The molecule has 7 aromatic rings. The normalized spacial score (nSPS) is 15.0. The number of amides is 3. The van der Waals surface area contributed by atoms with Crippen LogP contribution < -0.4 is 31.6 Å². The van der Waals surface area contributed by atoms with Gasteiger partial charge in [-0.1, -0.05) is 0 Å². The predicted octanol–water partition coefficient (Wildman–Crippen LogP) is 5.04. The van der Waals surface area contributed by atoms with Crippen LogP contribution in [0.25, 0.3) is 44.4 Å². The summed E-state index contributed by atoms with van der Waals surface area (Å²) in [6.07, 6.45) is 1.58. The Kier molecular flexibility index (Phi) is 10.8. The Morgan fingerprint density at radius 3 is 2.20 bits per heavy atom. The van der Waals surface area contributed by atoms with Gasteiger partial charge in [0, 0.05) is 48.1 Å². The summed E-state index contributed by atoms with van der Waals surface area (Å²) in [6, 6.07) is 14.6. The first-order chi connectivity index (χ1) is 28.9. The van der Waals surface area contributed by atoms with Gasteiger partial charge in [0.2, 0.25) is 17.8 Å². The zero-order chi connectivity index (χ0) is 42.4. The molecule has 1 aliphatic carbocycles. The number of fused-ring (bicyclic) bond motifs is 4. The molecule has 8 rings (SSSR count). The fraction of sp³-hybridized carbons (Fsp3) is 0.372. The van der Waals surface area contributed by atoms with E-state index in [9.17, 15) is 14.4 Å². The number of methoxy groups -OCH3 is 1. The second-order valence-electron chi connectivity index (χ2n) is 15.4. The third-order valence-corrected chi connectivity index (χ3v) is 11.2. The van der Waals surface area contributed by atoms with Crippen molar-refractivity contribution in [2.24, 2.45) is 23.3 Å². The van der Waals surface area contributed by atoms with Crippen LogP contribution in [0, 0.1) is 25.7 Å². The third-order valence-electron chi connectivity index (χ3n) is 11.2. The molecule has 0 aliphatic heterocycles. The van der Waals surface area contributed by atoms with Crippen molar-refractivity contribution >= 4 is 56.6 Å². The first-order valence-electron chi connectivity index (χ1n) is 20.3. The summed E-state index contributed by atoms with van der Waals surface area (Å²) >= 11 is 0. The van der Waals surface area contributed by atoms with Crippen LogP contribution >= 0.6 is 0 Å². The Morgan fingerprint density at radius 2 is 1.50 bits per heavy atom. The van der Waals surface area contributed by atoms with Gasteiger partial charge in [-0.3, -0.25) is 29.1 Å². The number of nitrogens with two attached hydrogens (primary N) is 2. The Bertz CT molecular complexity index is 2810. The van der Waals surface area contributed by atoms with Crippen LogP contribution in [-0.2, 0) is 26.2 Å². The lowest BCUT2D eigenvalue weighted by Gasteiger charge is -2.15. The van der Waals surface area contributed by atoms with Crippen LogP contribution in [-0.4, -0.2) is 83.7 Å². The number of anilines is 1. The monoisotopic (exact) mass is 814 g/mol. The van der Waals surface area contributed by atoms with Crippen molar-refractivity contribution in [2.75, 3.05) is 32.6 Å². The zero-order valence-electron chi connectivity index (χ0n) is 34.7. The number of carbonyl (C=O) groups is 3. The molecule has 1 saturated carbocycles. The molecular formula is C43H50N12O5. The Hall–Kier alpha value is -6.75. The quantitative estimate of drug-likeness (QED) is 0.0899. The first kappa shape index (κ1) is 40.0. The van der Waals surface area contributed by atoms with Gasteiger partial charge in [0.15, 0.2) is 0 Å². The van der Waals surface area contributed by atoms with E-state index < -0.39 is 11.8 Å². The van der Waals surface area contributed by atoms with Crippen LogP contribution in [0.3, 0.4) is 0 Å². The number of ether oxygens (including phenoxy) is 2. The average Bonchev–Trinajstić information content (AvgIpc) is 3.49. The number of hydrogen-bond acceptors (Lipinski definition) is 10. The second kappa shape index (κ2) is 16.1. The van der Waals surface area contributed by atoms with E-state index in [4.69, 9.17) is 30.9 Å². The number of nitrogens with zero attached hydrogens (tertiary/aromatic N) is 8. The lowest BCUT2D eigenvalue weighted by molar-refractivity contribution is 0.0991. The summed E-state index contributed by atoms with van der Waals surface area (Å²) < 4.78 is 20.0. The summed E-state index contributed by atoms with van der Waals surface area (Å²) in [5, 5.41) is 17.0. The molecule has 1 fully saturated rings. The van der Waals surface area contributed by atoms with Crippen molar-refractivity contribution < 1.29 is 23.9 Å². The summed E-state index contributed by atoms with van der Waals surface area (Å²) in [7, 11) is 3.46. The molecule has 0 spiro atoms. The highest BCUT2D eigenvalue weighted by atomic mass is 16.5. The minimum absolute atomic E-state index is 0.144. The molecule has 5 aromatic heterocycles. The maximum Gasteiger partial charge on any atom is 0.276 e. The number of aryl methyl sites for hydroxylation is 4. The fourth-order valence-electron chi connectivity index (χ4n) is 8.22. The first-order valence-corrected chi connectivity index (χ1v) is 20.3. The van der Waals surface area contributed by atoms with Gasteiger partial charge in [0.05, 0.1) is 47.5 Å². The molecule has 60 heavy (non-hydrogen) atoms. The van der Waals surface area contributed by atoms with Gasteiger partial charge >= 0.3 is 0 Å². The number of aromatic nitrogens is 8. The van der Waals surface area contributed by atoms with E-state index in [1.807, 2.05) is 68.3 Å². The molecule has 0 saturated heterocycles. The molecule has 5 heterocycles. The van der Waals surface area contributed by atoms with Crippen molar-refractivity contribution in [1.29, 1.82) is 0 Å². The molecule has 3 amide bonds. The number of hydrogen-bond donors (Lipinski definition) is 4. The van der Waals surface area contributed by atoms with Gasteiger partial charge in [0.1, 0.15) is 28.4 Å². The Labute approximate surface area is 346 Å². The Morgan fingerprint density at radius 1 is 0.817 bits per heavy atom. The van der Waals surface area contributed by atoms with E-state index in [1.54, 1.807) is 36.1 Å². The van der Waals surface area contributed by atoms with Crippen molar-refractivity contribution in [3.05, 3.63) is 76.7 Å². The van der Waals surface area contributed by atoms with Crippen molar-refractivity contribution in [3.8, 4) is 22.9 Å². The molecule has 312 valence electrons. The molecule has 1 unspecified atom stereocenters. The summed E-state index contributed by atoms with van der Waals surface area (Å²) in [5.41, 5.74) is 18.5. The van der Waals surface area contributed by atoms with Crippen molar-refractivity contribution in [2.45, 2.75) is 66.7 Å². The van der Waals surface area contributed by atoms with Gasteiger partial charge in [-0.05, 0) is 114 Å². The lowest BCUT2D eigenvalue weighted by atomic mass is 10.1. The largest absolute Gasteiger partial charge is 0.495 e. The standard InChI is InChI=1S/C43H50N12O5/c1-7-54-33(14-23(3)50-54)31-11-10-29-30-17-25(39(44)56)19-35(59-6)37(30)52(41(29)47-31)21-27-16-28(27)22-53-38-32(18-26(40(45)57)20-36(38)60-13-9-12-46-5)48-43(53)49-42(58)34-15-24(4)51-55(34)8-2/h10-11,14-15,17-20,27-28,46H,7-9,12-13,16,21-22H2,1-6H3,(H2,44,56)(H2,45,57)(H,48,49,58)/t27-,28?/m0/s1. The number of primary amides is 2. The van der Waals surface area contributed by atoms with Crippen molar-refractivity contribution in [3.63, 3.8) is 0 Å². The van der Waals surface area contributed by atoms with Crippen molar-refractivity contribution in [1.82, 2.24) is 44.0 Å². The molecule has 6 N–H and O–H groups in total. The summed E-state index contributed by atoms with van der Waals surface area (Å²) in [4.78, 5) is 49.0. The van der Waals surface area contributed by atoms with Gasteiger partial charge in [-0.2, -0.15) is 10.2 Å². The molecule has 0 bridgehead atoms. The number of rotatable bonds is 17. The predicted molar refractivity (Wildman–Crippen MR) is 228 cm³/mol. The van der Waals surface area contributed by atoms with Gasteiger partial charge in [0.25, 0.3) is 5.91 Å². The van der Waals surface area contributed by atoms with Crippen LogP contribution in [0.1, 0.15) is 69.3 Å². The van der Waals surface area contributed by atoms with Crippen LogP contribution in [0.4, 0.5) is 5.95 Å². The van der Waals surface area contributed by atoms with Crippen LogP contribution in [0.5, 0.6) is 11.5 Å². The number of benzene rings is 2. The molecule has 2 atom stereocenters. The SMILES string of the molecule is CCn1nc(C)cc1C(=O)Nc1nc2cc(C(N)=O)cc(OCCCNC)c2n1CC1C[C@H]1Cn1c2nc(-c3cc(C)nn3CC)ccc2c2cc(C(N)=O)cc(OC)c21. The highest BCUT2D eigenvalue weighted by molar-refractivity contribution is 6.12. The molecular weight excluding hydrogens is 765 g/mol. The van der Waals surface area contributed by atoms with Crippen LogP contribution in [0.2, 0.25) is 0 Å². The fourth-order valence-corrected chi connectivity index (χ4v) is 8.22. The number of imidazole rings is 1. The smallest absolute Gasteiger partial charge is 0.276 e. The van der Waals surface area contributed by atoms with Gasteiger partial charge in [-0.15, -0.1) is 0 Å². The maximum atomic E-state index is 13.9. The maximum absolute atomic E-state index is 13.9. The van der Waals surface area contributed by atoms with E-state index in [1.165, 1.54) is 0 Å². The second-order valence-corrected chi connectivity index (χ2v) is 15.4. The third kappa shape index (κ3) is 7.40. The average molecular weight is 815 g/mol. The Balaban J connectivity index is 1.20. The number of nitrogens with one attached hydrogen (secondary N) is 2. The number of pyridine rings is 1. The van der Waals surface area contributed by atoms with E-state index in [0.29, 0.717) is 72.5 Å². The highest BCUT2D eigenvalue weighted by Gasteiger charge is 2.40. The zero-order valence-corrected chi connectivity index (χ0v) is 34.7. The minimum atomic E-state index is -0.614.